The van der Waals surface area contributed by atoms with Gasteiger partial charge in [0.05, 0.1) is 11.3 Å². The maximum absolute atomic E-state index is 12.9. The molecule has 0 unspecified atom stereocenters. The molecule has 1 aromatic rings. The summed E-state index contributed by atoms with van der Waals surface area (Å²) in [5.74, 6) is -0.363. The number of piperazine rings is 1. The van der Waals surface area contributed by atoms with E-state index in [9.17, 15) is 28.4 Å². The Hall–Kier alpha value is -1.29. The second-order valence-corrected chi connectivity index (χ2v) is 5.12. The molecule has 1 heterocycles. The van der Waals surface area contributed by atoms with Crippen molar-refractivity contribution in [3.05, 3.63) is 33.9 Å². The average Bonchev–Trinajstić information content (AvgIpc) is 2.45. The molecule has 0 spiro atoms. The van der Waals surface area contributed by atoms with E-state index < -0.39 is 23.6 Å². The van der Waals surface area contributed by atoms with Gasteiger partial charge in [0.2, 0.25) is 0 Å². The number of nitro groups is 1. The summed E-state index contributed by atoms with van der Waals surface area (Å²) in [6.45, 7) is 1.82. The van der Waals surface area contributed by atoms with E-state index in [1.165, 1.54) is 0 Å². The van der Waals surface area contributed by atoms with Crippen molar-refractivity contribution in [2.75, 3.05) is 26.2 Å². The molecule has 1 fully saturated rings. The molecule has 2 rings (SSSR count). The van der Waals surface area contributed by atoms with Gasteiger partial charge in [0, 0.05) is 49.9 Å². The second-order valence-electron chi connectivity index (χ2n) is 5.12. The highest BCUT2D eigenvalue weighted by atomic mass is 35.5. The normalized spacial score (nSPS) is 16.6. The van der Waals surface area contributed by atoms with E-state index in [2.05, 4.69) is 5.32 Å². The monoisotopic (exact) mass is 391 g/mol. The van der Waals surface area contributed by atoms with Crippen LogP contribution in [0.3, 0.4) is 0 Å². The fourth-order valence-electron chi connectivity index (χ4n) is 2.57. The van der Waals surface area contributed by atoms with Gasteiger partial charge in [0.25, 0.3) is 5.69 Å². The standard InChI is InChI=1S/C13H16F3N3O3.2ClH/c14-13(15,16)8-11(18-5-3-17-4-6-18)10-7-9(19(21)22)1-2-12(10)20;;/h1-2,7,11,17,20H,3-6,8H2;2*1H/t11-;;/m0../s1. The molecular formula is C13H18Cl2F3N3O3. The number of benzene rings is 1. The number of nitrogens with one attached hydrogen (secondary N) is 1. The van der Waals surface area contributed by atoms with Crippen molar-refractivity contribution >= 4 is 30.5 Å². The zero-order valence-electron chi connectivity index (χ0n) is 12.5. The number of phenolic OH excluding ortho intramolecular Hbond substituents is 1. The third-order valence-electron chi connectivity index (χ3n) is 3.60. The molecule has 1 aliphatic heterocycles. The molecule has 2 N–H and O–H groups in total. The lowest BCUT2D eigenvalue weighted by molar-refractivity contribution is -0.385. The average molecular weight is 392 g/mol. The zero-order valence-corrected chi connectivity index (χ0v) is 14.1. The van der Waals surface area contributed by atoms with Crippen LogP contribution in [0.2, 0.25) is 0 Å². The predicted octanol–water partition coefficient (Wildman–Crippen LogP) is 3.04. The van der Waals surface area contributed by atoms with Gasteiger partial charge in [0.1, 0.15) is 5.75 Å². The Bertz CT molecular complexity index is 555. The third-order valence-corrected chi connectivity index (χ3v) is 3.60. The molecule has 0 aromatic heterocycles. The van der Waals surface area contributed by atoms with Gasteiger partial charge in [-0.3, -0.25) is 15.0 Å². The summed E-state index contributed by atoms with van der Waals surface area (Å²) in [5.41, 5.74) is -0.400. The van der Waals surface area contributed by atoms with Gasteiger partial charge in [-0.15, -0.1) is 24.8 Å². The summed E-state index contributed by atoms with van der Waals surface area (Å²) in [7, 11) is 0. The Balaban J connectivity index is 0.00000264. The maximum atomic E-state index is 12.9. The van der Waals surface area contributed by atoms with E-state index in [-0.39, 0.29) is 41.8 Å². The van der Waals surface area contributed by atoms with Crippen molar-refractivity contribution in [2.45, 2.75) is 18.6 Å². The number of rotatable bonds is 4. The molecule has 0 saturated carbocycles. The van der Waals surface area contributed by atoms with Gasteiger partial charge < -0.3 is 10.4 Å². The number of halogens is 5. The Morgan fingerprint density at radius 3 is 2.38 bits per heavy atom. The molecule has 1 saturated heterocycles. The first kappa shape index (κ1) is 22.7. The van der Waals surface area contributed by atoms with E-state index in [0.29, 0.717) is 26.2 Å². The molecule has 24 heavy (non-hydrogen) atoms. The van der Waals surface area contributed by atoms with Crippen LogP contribution in [-0.4, -0.2) is 47.3 Å². The molecule has 138 valence electrons. The van der Waals surface area contributed by atoms with Crippen LogP contribution in [0.1, 0.15) is 18.0 Å². The molecule has 0 radical (unpaired) electrons. The molecule has 11 heteroatoms. The minimum atomic E-state index is -4.44. The lowest BCUT2D eigenvalue weighted by Gasteiger charge is -2.35. The number of nitrogens with zero attached hydrogens (tertiary/aromatic N) is 2. The van der Waals surface area contributed by atoms with Crippen molar-refractivity contribution in [3.63, 3.8) is 0 Å². The molecule has 0 aliphatic carbocycles. The number of hydrogen-bond donors (Lipinski definition) is 2. The highest BCUT2D eigenvalue weighted by molar-refractivity contribution is 5.85. The maximum Gasteiger partial charge on any atom is 0.390 e. The summed E-state index contributed by atoms with van der Waals surface area (Å²) in [4.78, 5) is 11.7. The first-order valence-corrected chi connectivity index (χ1v) is 6.77. The van der Waals surface area contributed by atoms with E-state index in [4.69, 9.17) is 0 Å². The second kappa shape index (κ2) is 9.26. The van der Waals surface area contributed by atoms with Gasteiger partial charge >= 0.3 is 6.18 Å². The molecule has 1 aliphatic rings. The number of alkyl halides is 3. The summed E-state index contributed by atoms with van der Waals surface area (Å²) in [5, 5.41) is 23.7. The Labute approximate surface area is 149 Å². The van der Waals surface area contributed by atoms with E-state index in [0.717, 1.165) is 18.2 Å². The Morgan fingerprint density at radius 1 is 1.29 bits per heavy atom. The van der Waals surface area contributed by atoms with Crippen molar-refractivity contribution < 1.29 is 23.2 Å². The number of aromatic hydroxyl groups is 1. The first-order chi connectivity index (χ1) is 10.3. The Morgan fingerprint density at radius 2 is 1.88 bits per heavy atom. The number of nitro benzene ring substituents is 1. The lowest BCUT2D eigenvalue weighted by Crippen LogP contribution is -2.46. The molecule has 1 aromatic carbocycles. The predicted molar refractivity (Wildman–Crippen MR) is 87.1 cm³/mol. The van der Waals surface area contributed by atoms with Crippen LogP contribution in [0.25, 0.3) is 0 Å². The fraction of sp³-hybridized carbons (Fsp3) is 0.538. The third kappa shape index (κ3) is 5.97. The Kier molecular flexibility index (Phi) is 8.76. The number of phenols is 1. The van der Waals surface area contributed by atoms with Crippen LogP contribution < -0.4 is 5.32 Å². The summed E-state index contributed by atoms with van der Waals surface area (Å²) >= 11 is 0. The van der Waals surface area contributed by atoms with Crippen LogP contribution in [0.4, 0.5) is 18.9 Å². The SMILES string of the molecule is Cl.Cl.O=[N+]([O-])c1ccc(O)c([C@H](CC(F)(F)F)N2CCNCC2)c1. The van der Waals surface area contributed by atoms with Crippen molar-refractivity contribution in [1.29, 1.82) is 0 Å². The van der Waals surface area contributed by atoms with Gasteiger partial charge in [-0.25, -0.2) is 0 Å². The van der Waals surface area contributed by atoms with Crippen LogP contribution in [0.15, 0.2) is 18.2 Å². The minimum Gasteiger partial charge on any atom is -0.508 e. The van der Waals surface area contributed by atoms with E-state index in [1.807, 2.05) is 0 Å². The molecule has 6 nitrogen and oxygen atoms in total. The number of non-ortho nitro benzene ring substituents is 1. The van der Waals surface area contributed by atoms with Crippen LogP contribution in [-0.2, 0) is 0 Å². The molecule has 0 amide bonds. The summed E-state index contributed by atoms with van der Waals surface area (Å²) < 4.78 is 38.6. The highest BCUT2D eigenvalue weighted by Crippen LogP contribution is 2.39. The first-order valence-electron chi connectivity index (χ1n) is 6.77. The summed E-state index contributed by atoms with van der Waals surface area (Å²) in [6, 6.07) is 2.02. The zero-order chi connectivity index (χ0) is 16.3. The smallest absolute Gasteiger partial charge is 0.390 e. The highest BCUT2D eigenvalue weighted by Gasteiger charge is 2.37. The van der Waals surface area contributed by atoms with Crippen molar-refractivity contribution in [1.82, 2.24) is 10.2 Å². The number of hydrogen-bond acceptors (Lipinski definition) is 5. The van der Waals surface area contributed by atoms with Crippen molar-refractivity contribution in [2.24, 2.45) is 0 Å². The van der Waals surface area contributed by atoms with Gasteiger partial charge in [0.15, 0.2) is 0 Å². The molecule has 1 atom stereocenters. The van der Waals surface area contributed by atoms with Gasteiger partial charge in [-0.1, -0.05) is 0 Å². The topological polar surface area (TPSA) is 78.6 Å². The quantitative estimate of drug-likeness (QED) is 0.609. The lowest BCUT2D eigenvalue weighted by atomic mass is 9.99. The minimum absolute atomic E-state index is 0. The van der Waals surface area contributed by atoms with Gasteiger partial charge in [-0.05, 0) is 6.07 Å². The molecular weight excluding hydrogens is 374 g/mol. The van der Waals surface area contributed by atoms with Gasteiger partial charge in [-0.2, -0.15) is 13.2 Å². The largest absolute Gasteiger partial charge is 0.508 e. The van der Waals surface area contributed by atoms with Crippen LogP contribution >= 0.6 is 24.8 Å². The fourth-order valence-corrected chi connectivity index (χ4v) is 2.57. The van der Waals surface area contributed by atoms with E-state index >= 15 is 0 Å². The van der Waals surface area contributed by atoms with Crippen molar-refractivity contribution in [3.8, 4) is 5.75 Å². The molecule has 0 bridgehead atoms. The van der Waals surface area contributed by atoms with Crippen LogP contribution in [0.5, 0.6) is 5.75 Å². The summed E-state index contributed by atoms with van der Waals surface area (Å²) in [6.07, 6.45) is -5.60. The van der Waals surface area contributed by atoms with E-state index in [1.54, 1.807) is 4.90 Å². The van der Waals surface area contributed by atoms with Crippen LogP contribution in [0, 0.1) is 10.1 Å².